The summed E-state index contributed by atoms with van der Waals surface area (Å²) in [5.41, 5.74) is 8.50. The van der Waals surface area contributed by atoms with E-state index >= 15 is 0 Å². The lowest BCUT2D eigenvalue weighted by Gasteiger charge is -2.10. The molecular formula is C24H26N4O4S2. The summed E-state index contributed by atoms with van der Waals surface area (Å²) in [6.45, 7) is 6.01. The summed E-state index contributed by atoms with van der Waals surface area (Å²) in [6.07, 6.45) is 2.57. The molecule has 0 aliphatic carbocycles. The number of carbonyl (C=O) groups is 1. The maximum absolute atomic E-state index is 12.1. The molecule has 0 saturated carbocycles. The number of esters is 1. The number of benzene rings is 2. The number of hydrogen-bond donors (Lipinski definition) is 1. The Kier molecular flexibility index (Phi) is 7.95. The summed E-state index contributed by atoms with van der Waals surface area (Å²) >= 11 is 1.07. The van der Waals surface area contributed by atoms with Crippen molar-refractivity contribution in [2.24, 2.45) is 10.7 Å². The van der Waals surface area contributed by atoms with Crippen LogP contribution in [0, 0.1) is 0 Å². The Labute approximate surface area is 203 Å². The number of nitrogens with two attached hydrogens (primary N) is 1. The minimum Gasteiger partial charge on any atom is -0.461 e. The first-order valence-corrected chi connectivity index (χ1v) is 13.2. The van der Waals surface area contributed by atoms with E-state index in [4.69, 9.17) is 15.5 Å². The Morgan fingerprint density at radius 2 is 1.94 bits per heavy atom. The van der Waals surface area contributed by atoms with E-state index in [1.165, 1.54) is 18.2 Å². The van der Waals surface area contributed by atoms with Gasteiger partial charge in [0.15, 0.2) is 20.7 Å². The summed E-state index contributed by atoms with van der Waals surface area (Å²) in [6, 6.07) is 14.1. The summed E-state index contributed by atoms with van der Waals surface area (Å²) < 4.78 is 33.3. The quantitative estimate of drug-likeness (QED) is 0.279. The Bertz CT molecular complexity index is 1360. The highest BCUT2D eigenvalue weighted by molar-refractivity contribution is 7.90. The molecule has 10 heteroatoms. The molecule has 0 saturated heterocycles. The van der Waals surface area contributed by atoms with Crippen molar-refractivity contribution in [3.8, 4) is 11.4 Å². The molecule has 178 valence electrons. The van der Waals surface area contributed by atoms with Crippen molar-refractivity contribution in [1.82, 2.24) is 9.36 Å². The van der Waals surface area contributed by atoms with Gasteiger partial charge in [-0.1, -0.05) is 44.2 Å². The van der Waals surface area contributed by atoms with Crippen molar-refractivity contribution in [2.45, 2.75) is 31.6 Å². The Balaban J connectivity index is 2.11. The van der Waals surface area contributed by atoms with Gasteiger partial charge in [0.2, 0.25) is 0 Å². The van der Waals surface area contributed by atoms with Crippen LogP contribution in [-0.2, 0) is 19.4 Å². The number of carbonyl (C=O) groups excluding carboxylic acids is 1. The normalized spacial score (nSPS) is 12.7. The minimum atomic E-state index is -3.38. The molecule has 0 spiro atoms. The molecule has 0 atom stereocenters. The van der Waals surface area contributed by atoms with Crippen LogP contribution in [0.4, 0.5) is 5.69 Å². The van der Waals surface area contributed by atoms with E-state index in [0.717, 1.165) is 29.0 Å². The topological polar surface area (TPSA) is 125 Å². The molecule has 0 aliphatic rings. The lowest BCUT2D eigenvalue weighted by atomic mass is 10.0. The summed E-state index contributed by atoms with van der Waals surface area (Å²) in [5, 5.41) is 0.422. The zero-order valence-corrected chi connectivity index (χ0v) is 21.0. The number of nitrogens with zero attached hydrogens (tertiary/aromatic N) is 3. The van der Waals surface area contributed by atoms with Crippen LogP contribution < -0.4 is 5.73 Å². The molecule has 2 N–H and O–H groups in total. The molecule has 8 nitrogen and oxygen atoms in total. The number of rotatable bonds is 8. The van der Waals surface area contributed by atoms with E-state index in [9.17, 15) is 13.2 Å². The van der Waals surface area contributed by atoms with Gasteiger partial charge in [0.1, 0.15) is 11.4 Å². The van der Waals surface area contributed by atoms with E-state index in [0.29, 0.717) is 22.1 Å². The first kappa shape index (κ1) is 25.3. The van der Waals surface area contributed by atoms with E-state index in [1.807, 2.05) is 24.3 Å². The predicted molar refractivity (Wildman–Crippen MR) is 134 cm³/mol. The molecule has 0 amide bonds. The Hall–Kier alpha value is -3.37. The van der Waals surface area contributed by atoms with Crippen molar-refractivity contribution in [1.29, 1.82) is 0 Å². The molecule has 3 aromatic rings. The van der Waals surface area contributed by atoms with Crippen molar-refractivity contribution < 1.29 is 17.9 Å². The molecule has 1 heterocycles. The fourth-order valence-corrected chi connectivity index (χ4v) is 4.39. The van der Waals surface area contributed by atoms with Gasteiger partial charge < -0.3 is 10.5 Å². The second-order valence-electron chi connectivity index (χ2n) is 7.75. The van der Waals surface area contributed by atoms with Gasteiger partial charge in [0.05, 0.1) is 17.2 Å². The maximum atomic E-state index is 12.1. The van der Waals surface area contributed by atoms with E-state index < -0.39 is 15.8 Å². The highest BCUT2D eigenvalue weighted by Crippen LogP contribution is 2.28. The molecule has 0 aliphatic heterocycles. The van der Waals surface area contributed by atoms with Gasteiger partial charge >= 0.3 is 5.97 Å². The monoisotopic (exact) mass is 498 g/mol. The standard InChI is InChI=1S/C24H26N4O4S2/c1-5-32-24(29)19(25)14-21(26-20-12-7-6-11-18(20)15(2)3)23-27-22(28-33-23)16-9-8-10-17(13-16)34(4,30)31/h6-15H,5,25H2,1-4H3. The average Bonchev–Trinajstić information content (AvgIpc) is 3.29. The van der Waals surface area contributed by atoms with Crippen LogP contribution in [0.3, 0.4) is 0 Å². The van der Waals surface area contributed by atoms with Gasteiger partial charge in [-0.25, -0.2) is 23.2 Å². The molecule has 0 radical (unpaired) electrons. The minimum absolute atomic E-state index is 0.113. The van der Waals surface area contributed by atoms with Crippen LogP contribution in [0.15, 0.2) is 70.2 Å². The number of ether oxygens (including phenoxy) is 1. The van der Waals surface area contributed by atoms with Crippen LogP contribution in [-0.4, -0.2) is 42.3 Å². The molecule has 3 rings (SSSR count). The fraction of sp³-hybridized carbons (Fsp3) is 0.250. The number of para-hydroxylation sites is 1. The molecular weight excluding hydrogens is 472 g/mol. The summed E-state index contributed by atoms with van der Waals surface area (Å²) in [7, 11) is -3.38. The third kappa shape index (κ3) is 6.15. The largest absolute Gasteiger partial charge is 0.461 e. The SMILES string of the molecule is CCOC(=O)C(N)=CC(=Nc1ccccc1C(C)C)c1nc(-c2cccc(S(C)(=O)=O)c2)ns1. The molecule has 34 heavy (non-hydrogen) atoms. The third-order valence-electron chi connectivity index (χ3n) is 4.77. The zero-order valence-electron chi connectivity index (χ0n) is 19.3. The van der Waals surface area contributed by atoms with Gasteiger partial charge in [-0.05, 0) is 54.2 Å². The van der Waals surface area contributed by atoms with Gasteiger partial charge in [0, 0.05) is 11.8 Å². The van der Waals surface area contributed by atoms with E-state index in [1.54, 1.807) is 19.1 Å². The second-order valence-corrected chi connectivity index (χ2v) is 10.5. The first-order chi connectivity index (χ1) is 16.1. The average molecular weight is 499 g/mol. The van der Waals surface area contributed by atoms with Crippen LogP contribution in [0.1, 0.15) is 37.3 Å². The number of aliphatic imine (C=N–C) groups is 1. The van der Waals surface area contributed by atoms with Crippen LogP contribution >= 0.6 is 11.5 Å². The molecule has 2 aromatic carbocycles. The molecule has 0 unspecified atom stereocenters. The maximum Gasteiger partial charge on any atom is 0.354 e. The number of hydrogen-bond acceptors (Lipinski definition) is 9. The van der Waals surface area contributed by atoms with Gasteiger partial charge in [0.25, 0.3) is 0 Å². The molecule has 0 bridgehead atoms. The van der Waals surface area contributed by atoms with E-state index in [-0.39, 0.29) is 23.1 Å². The van der Waals surface area contributed by atoms with Crippen molar-refractivity contribution >= 4 is 38.7 Å². The number of allylic oxidation sites excluding steroid dienone is 1. The van der Waals surface area contributed by atoms with Gasteiger partial charge in [-0.15, -0.1) is 0 Å². The lowest BCUT2D eigenvalue weighted by molar-refractivity contribution is -0.138. The smallest absolute Gasteiger partial charge is 0.354 e. The zero-order chi connectivity index (χ0) is 24.9. The van der Waals surface area contributed by atoms with Crippen molar-refractivity contribution in [2.75, 3.05) is 12.9 Å². The molecule has 1 aromatic heterocycles. The predicted octanol–water partition coefficient (Wildman–Crippen LogP) is 4.26. The highest BCUT2D eigenvalue weighted by atomic mass is 32.2. The molecule has 0 fully saturated rings. The second kappa shape index (κ2) is 10.7. The summed E-state index contributed by atoms with van der Waals surface area (Å²) in [4.78, 5) is 21.6. The fourth-order valence-electron chi connectivity index (χ4n) is 3.08. The van der Waals surface area contributed by atoms with Crippen LogP contribution in [0.5, 0.6) is 0 Å². The first-order valence-electron chi connectivity index (χ1n) is 10.6. The van der Waals surface area contributed by atoms with Gasteiger partial charge in [-0.3, -0.25) is 0 Å². The number of sulfone groups is 1. The summed E-state index contributed by atoms with van der Waals surface area (Å²) in [5.74, 6) is -0.0901. The Morgan fingerprint density at radius 3 is 2.62 bits per heavy atom. The third-order valence-corrected chi connectivity index (χ3v) is 6.62. The van der Waals surface area contributed by atoms with Gasteiger partial charge in [-0.2, -0.15) is 4.37 Å². The highest BCUT2D eigenvalue weighted by Gasteiger charge is 2.17. The lowest BCUT2D eigenvalue weighted by Crippen LogP contribution is -2.16. The van der Waals surface area contributed by atoms with Crippen molar-refractivity contribution in [3.63, 3.8) is 0 Å². The Morgan fingerprint density at radius 1 is 1.21 bits per heavy atom. The number of aromatic nitrogens is 2. The van der Waals surface area contributed by atoms with E-state index in [2.05, 4.69) is 23.2 Å². The van der Waals surface area contributed by atoms with Crippen LogP contribution in [0.25, 0.3) is 11.4 Å². The van der Waals surface area contributed by atoms with Crippen LogP contribution in [0.2, 0.25) is 0 Å². The van der Waals surface area contributed by atoms with Crippen molar-refractivity contribution in [3.05, 3.63) is 70.9 Å².